The predicted molar refractivity (Wildman–Crippen MR) is 48.0 cm³/mol. The summed E-state index contributed by atoms with van der Waals surface area (Å²) in [7, 11) is 0. The van der Waals surface area contributed by atoms with E-state index in [0.717, 1.165) is 11.4 Å². The second-order valence-corrected chi connectivity index (χ2v) is 2.40. The summed E-state index contributed by atoms with van der Waals surface area (Å²) in [4.78, 5) is 0. The molecule has 1 rings (SSSR count). The highest BCUT2D eigenvalue weighted by Gasteiger charge is 1.83. The van der Waals surface area contributed by atoms with Gasteiger partial charge in [-0.1, -0.05) is 18.2 Å². The predicted octanol–water partition coefficient (Wildman–Crippen LogP) is 1.92. The fraction of sp³-hybridized carbons (Fsp3) is 0.111. The molecule has 0 fully saturated rings. The number of nitrogens with two attached hydrogens (primary N) is 1. The van der Waals surface area contributed by atoms with Crippen molar-refractivity contribution < 1.29 is 0 Å². The van der Waals surface area contributed by atoms with Crippen molar-refractivity contribution in [3.05, 3.63) is 42.2 Å². The zero-order valence-electron chi connectivity index (χ0n) is 6.54. The van der Waals surface area contributed by atoms with E-state index in [1.807, 2.05) is 37.3 Å². The van der Waals surface area contributed by atoms with Crippen molar-refractivity contribution in [1.82, 2.24) is 0 Å². The van der Waals surface area contributed by atoms with Crippen LogP contribution in [0, 0.1) is 0 Å². The number of para-hydroxylation sites is 1. The summed E-state index contributed by atoms with van der Waals surface area (Å²) in [5.74, 6) is 0. The van der Waals surface area contributed by atoms with E-state index in [9.17, 15) is 0 Å². The van der Waals surface area contributed by atoms with Crippen LogP contribution in [-0.4, -0.2) is 0 Å². The Kier molecular flexibility index (Phi) is 2.55. The Morgan fingerprint density at radius 3 is 2.55 bits per heavy atom. The average Bonchev–Trinajstić information content (AvgIpc) is 2.03. The molecule has 1 aromatic rings. The molecule has 0 radical (unpaired) electrons. The van der Waals surface area contributed by atoms with Crippen molar-refractivity contribution in [2.75, 3.05) is 5.32 Å². The molecule has 2 heteroatoms. The second-order valence-electron chi connectivity index (χ2n) is 2.40. The van der Waals surface area contributed by atoms with Crippen molar-refractivity contribution in [3.8, 4) is 0 Å². The first-order valence-corrected chi connectivity index (χ1v) is 3.53. The van der Waals surface area contributed by atoms with Gasteiger partial charge in [-0.05, 0) is 19.1 Å². The molecule has 0 saturated carbocycles. The van der Waals surface area contributed by atoms with E-state index < -0.39 is 0 Å². The molecule has 11 heavy (non-hydrogen) atoms. The number of hydrogen-bond donors (Lipinski definition) is 2. The normalized spacial score (nSPS) is 11.2. The molecule has 3 N–H and O–H groups in total. The van der Waals surface area contributed by atoms with Gasteiger partial charge in [-0.3, -0.25) is 0 Å². The van der Waals surface area contributed by atoms with Crippen molar-refractivity contribution in [2.24, 2.45) is 5.73 Å². The molecule has 0 saturated heterocycles. The van der Waals surface area contributed by atoms with Crippen LogP contribution in [0.5, 0.6) is 0 Å². The molecule has 58 valence electrons. The van der Waals surface area contributed by atoms with Crippen LogP contribution in [0.4, 0.5) is 5.69 Å². The van der Waals surface area contributed by atoms with Crippen molar-refractivity contribution in [3.63, 3.8) is 0 Å². The smallest absolute Gasteiger partial charge is 0.0380 e. The lowest BCUT2D eigenvalue weighted by Gasteiger charge is -1.99. The lowest BCUT2D eigenvalue weighted by molar-refractivity contribution is 1.29. The van der Waals surface area contributed by atoms with Crippen LogP contribution >= 0.6 is 0 Å². The van der Waals surface area contributed by atoms with Crippen molar-refractivity contribution >= 4 is 5.69 Å². The molecule has 0 aromatic heterocycles. The molecule has 0 heterocycles. The second kappa shape index (κ2) is 3.66. The first-order chi connectivity index (χ1) is 5.29. The van der Waals surface area contributed by atoms with E-state index in [-0.39, 0.29) is 0 Å². The van der Waals surface area contributed by atoms with Gasteiger partial charge in [-0.2, -0.15) is 0 Å². The molecular formula is C9H12N2. The van der Waals surface area contributed by atoms with Crippen LogP contribution in [0.3, 0.4) is 0 Å². The maximum absolute atomic E-state index is 5.44. The molecular weight excluding hydrogens is 136 g/mol. The number of rotatable bonds is 2. The first kappa shape index (κ1) is 7.66. The van der Waals surface area contributed by atoms with E-state index in [0.29, 0.717) is 0 Å². The summed E-state index contributed by atoms with van der Waals surface area (Å²) in [5.41, 5.74) is 7.26. The fourth-order valence-electron chi connectivity index (χ4n) is 0.732. The molecule has 0 aliphatic carbocycles. The molecule has 1 aromatic carbocycles. The minimum Gasteiger partial charge on any atom is -0.401 e. The highest BCUT2D eigenvalue weighted by atomic mass is 14.8. The number of nitrogens with one attached hydrogen (secondary N) is 1. The van der Waals surface area contributed by atoms with Gasteiger partial charge in [0, 0.05) is 17.6 Å². The average molecular weight is 148 g/mol. The van der Waals surface area contributed by atoms with E-state index in [2.05, 4.69) is 5.32 Å². The lowest BCUT2D eigenvalue weighted by Crippen LogP contribution is -1.95. The van der Waals surface area contributed by atoms with E-state index >= 15 is 0 Å². The number of benzene rings is 1. The Hall–Kier alpha value is -1.44. The summed E-state index contributed by atoms with van der Waals surface area (Å²) < 4.78 is 0. The highest BCUT2D eigenvalue weighted by molar-refractivity contribution is 5.45. The Bertz CT molecular complexity index is 235. The SMILES string of the molecule is C/C(N)=C/Nc1ccccc1. The third-order valence-corrected chi connectivity index (χ3v) is 1.24. The maximum Gasteiger partial charge on any atom is 0.0380 e. The van der Waals surface area contributed by atoms with Crippen LogP contribution in [0.25, 0.3) is 0 Å². The van der Waals surface area contributed by atoms with Gasteiger partial charge in [0.25, 0.3) is 0 Å². The number of anilines is 1. The highest BCUT2D eigenvalue weighted by Crippen LogP contribution is 2.04. The van der Waals surface area contributed by atoms with Crippen LogP contribution < -0.4 is 11.1 Å². The summed E-state index contributed by atoms with van der Waals surface area (Å²) in [6.45, 7) is 1.84. The van der Waals surface area contributed by atoms with Crippen LogP contribution in [-0.2, 0) is 0 Å². The summed E-state index contributed by atoms with van der Waals surface area (Å²) in [6.07, 6.45) is 1.77. The standard InChI is InChI=1S/C9H12N2/c1-8(10)7-11-9-5-3-2-4-6-9/h2-7,11H,10H2,1H3/b8-7-. The third kappa shape index (κ3) is 2.76. The van der Waals surface area contributed by atoms with Gasteiger partial charge in [0.2, 0.25) is 0 Å². The Balaban J connectivity index is 2.59. The van der Waals surface area contributed by atoms with Crippen molar-refractivity contribution in [1.29, 1.82) is 0 Å². The summed E-state index contributed by atoms with van der Waals surface area (Å²) >= 11 is 0. The van der Waals surface area contributed by atoms with Gasteiger partial charge in [0.1, 0.15) is 0 Å². The van der Waals surface area contributed by atoms with Gasteiger partial charge in [-0.25, -0.2) is 0 Å². The zero-order chi connectivity index (χ0) is 8.10. The number of allylic oxidation sites excluding steroid dienone is 1. The molecule has 0 amide bonds. The fourth-order valence-corrected chi connectivity index (χ4v) is 0.732. The quantitative estimate of drug-likeness (QED) is 0.672. The third-order valence-electron chi connectivity index (χ3n) is 1.24. The number of hydrogen-bond acceptors (Lipinski definition) is 2. The zero-order valence-corrected chi connectivity index (χ0v) is 6.54. The Morgan fingerprint density at radius 1 is 1.36 bits per heavy atom. The maximum atomic E-state index is 5.44. The van der Waals surface area contributed by atoms with Crippen LogP contribution in [0.1, 0.15) is 6.92 Å². The minimum atomic E-state index is 0.772. The van der Waals surface area contributed by atoms with Gasteiger partial charge < -0.3 is 11.1 Å². The van der Waals surface area contributed by atoms with Crippen LogP contribution in [0.2, 0.25) is 0 Å². The Labute approximate surface area is 66.7 Å². The van der Waals surface area contributed by atoms with Gasteiger partial charge in [0.15, 0.2) is 0 Å². The first-order valence-electron chi connectivity index (χ1n) is 3.53. The monoisotopic (exact) mass is 148 g/mol. The van der Waals surface area contributed by atoms with Crippen LogP contribution in [0.15, 0.2) is 42.2 Å². The molecule has 2 nitrogen and oxygen atoms in total. The molecule has 0 aliphatic rings. The van der Waals surface area contributed by atoms with Gasteiger partial charge >= 0.3 is 0 Å². The minimum absolute atomic E-state index is 0.772. The van der Waals surface area contributed by atoms with E-state index in [1.165, 1.54) is 0 Å². The summed E-state index contributed by atoms with van der Waals surface area (Å²) in [6, 6.07) is 9.90. The molecule has 0 bridgehead atoms. The molecule has 0 atom stereocenters. The topological polar surface area (TPSA) is 38.0 Å². The van der Waals surface area contributed by atoms with E-state index in [1.54, 1.807) is 6.20 Å². The molecule has 0 spiro atoms. The Morgan fingerprint density at radius 2 is 2.00 bits per heavy atom. The lowest BCUT2D eigenvalue weighted by atomic mass is 10.3. The largest absolute Gasteiger partial charge is 0.401 e. The van der Waals surface area contributed by atoms with Gasteiger partial charge in [0.05, 0.1) is 0 Å². The summed E-state index contributed by atoms with van der Waals surface area (Å²) in [5, 5.41) is 3.06. The molecule has 0 unspecified atom stereocenters. The van der Waals surface area contributed by atoms with E-state index in [4.69, 9.17) is 5.73 Å². The van der Waals surface area contributed by atoms with Crippen molar-refractivity contribution in [2.45, 2.75) is 6.92 Å². The van der Waals surface area contributed by atoms with Gasteiger partial charge in [-0.15, -0.1) is 0 Å². The molecule has 0 aliphatic heterocycles.